The fourth-order valence-electron chi connectivity index (χ4n) is 4.64. The van der Waals surface area contributed by atoms with Crippen molar-refractivity contribution in [1.82, 2.24) is 0 Å². The van der Waals surface area contributed by atoms with Gasteiger partial charge in [0.1, 0.15) is 0 Å². The van der Waals surface area contributed by atoms with Crippen molar-refractivity contribution in [1.29, 1.82) is 0 Å². The van der Waals surface area contributed by atoms with Crippen LogP contribution in [0.25, 0.3) is 0 Å². The van der Waals surface area contributed by atoms with Crippen molar-refractivity contribution in [3.8, 4) is 0 Å². The van der Waals surface area contributed by atoms with Crippen molar-refractivity contribution in [2.75, 3.05) is 0 Å². The minimum atomic E-state index is -0.652. The van der Waals surface area contributed by atoms with Gasteiger partial charge in [0.2, 0.25) is 0 Å². The molecule has 3 rings (SSSR count). The molecule has 0 aliphatic heterocycles. The first-order valence-corrected chi connectivity index (χ1v) is 10.0. The predicted molar refractivity (Wildman–Crippen MR) is 98.3 cm³/mol. The van der Waals surface area contributed by atoms with Crippen LogP contribution in [0.2, 0.25) is 0 Å². The van der Waals surface area contributed by atoms with E-state index in [1.54, 1.807) is 19.1 Å². The molecule has 1 aromatic rings. The largest absolute Gasteiger partial charge is 0.203 e. The Morgan fingerprint density at radius 2 is 1.25 bits per heavy atom. The zero-order valence-electron chi connectivity index (χ0n) is 15.9. The first-order chi connectivity index (χ1) is 11.6. The summed E-state index contributed by atoms with van der Waals surface area (Å²) >= 11 is 0. The number of hydrogen-bond acceptors (Lipinski definition) is 0. The SMILES string of the molecule is CC.Cc1ccc(C2CCC(C3CCC(C)CC3)CC2)c(F)c1F. The second kappa shape index (κ2) is 8.97. The summed E-state index contributed by atoms with van der Waals surface area (Å²) < 4.78 is 27.9. The summed E-state index contributed by atoms with van der Waals surface area (Å²) in [6.45, 7) is 7.99. The first-order valence-electron chi connectivity index (χ1n) is 10.0. The third-order valence-corrected chi connectivity index (χ3v) is 6.24. The molecule has 0 radical (unpaired) electrons. The van der Waals surface area contributed by atoms with E-state index in [1.807, 2.05) is 13.8 Å². The molecule has 0 heterocycles. The van der Waals surface area contributed by atoms with Crippen LogP contribution in [0.1, 0.15) is 89.2 Å². The van der Waals surface area contributed by atoms with E-state index in [1.165, 1.54) is 38.5 Å². The minimum Gasteiger partial charge on any atom is -0.203 e. The normalized spacial score (nSPS) is 30.4. The van der Waals surface area contributed by atoms with Gasteiger partial charge in [-0.15, -0.1) is 0 Å². The van der Waals surface area contributed by atoms with E-state index < -0.39 is 11.6 Å². The van der Waals surface area contributed by atoms with Crippen molar-refractivity contribution in [2.24, 2.45) is 17.8 Å². The molecule has 0 nitrogen and oxygen atoms in total. The summed E-state index contributed by atoms with van der Waals surface area (Å²) in [5.41, 5.74) is 1.02. The molecule has 0 atom stereocenters. The van der Waals surface area contributed by atoms with E-state index in [0.717, 1.165) is 30.6 Å². The summed E-state index contributed by atoms with van der Waals surface area (Å²) in [5, 5.41) is 0. The Bertz CT molecular complexity index is 507. The van der Waals surface area contributed by atoms with Crippen LogP contribution in [0.15, 0.2) is 12.1 Å². The Morgan fingerprint density at radius 3 is 1.79 bits per heavy atom. The molecule has 0 saturated heterocycles. The van der Waals surface area contributed by atoms with Gasteiger partial charge >= 0.3 is 0 Å². The second-order valence-corrected chi connectivity index (χ2v) is 7.73. The molecule has 0 aromatic heterocycles. The third-order valence-electron chi connectivity index (χ3n) is 6.24. The van der Waals surface area contributed by atoms with E-state index in [-0.39, 0.29) is 5.92 Å². The molecule has 24 heavy (non-hydrogen) atoms. The standard InChI is InChI=1S/C20H28F2.C2H6/c1-13-3-6-15(7-4-13)16-8-10-17(11-9-16)18-12-5-14(2)19(21)20(18)22;1-2/h5,12-13,15-17H,3-4,6-11H2,1-2H3;1-2H3. The minimum absolute atomic E-state index is 0.217. The number of rotatable bonds is 2. The van der Waals surface area contributed by atoms with Crippen LogP contribution in [0.4, 0.5) is 8.78 Å². The van der Waals surface area contributed by atoms with E-state index in [0.29, 0.717) is 11.1 Å². The summed E-state index contributed by atoms with van der Waals surface area (Å²) in [7, 11) is 0. The lowest BCUT2D eigenvalue weighted by Crippen LogP contribution is -2.25. The molecule has 136 valence electrons. The summed E-state index contributed by atoms with van der Waals surface area (Å²) in [4.78, 5) is 0. The first kappa shape index (κ1) is 19.4. The molecule has 2 aliphatic rings. The maximum absolute atomic E-state index is 14.2. The Balaban J connectivity index is 0.00000100. The van der Waals surface area contributed by atoms with E-state index in [9.17, 15) is 8.78 Å². The highest BCUT2D eigenvalue weighted by atomic mass is 19.2. The van der Waals surface area contributed by atoms with Gasteiger partial charge in [0.05, 0.1) is 0 Å². The fraction of sp³-hybridized carbons (Fsp3) is 0.727. The quantitative estimate of drug-likeness (QED) is 0.528. The van der Waals surface area contributed by atoms with Crippen LogP contribution < -0.4 is 0 Å². The average Bonchev–Trinajstić information content (AvgIpc) is 2.63. The monoisotopic (exact) mass is 336 g/mol. The fourth-order valence-corrected chi connectivity index (χ4v) is 4.64. The molecule has 2 saturated carbocycles. The van der Waals surface area contributed by atoms with Crippen LogP contribution in [0.5, 0.6) is 0 Å². The Hall–Kier alpha value is -0.920. The van der Waals surface area contributed by atoms with Gasteiger partial charge < -0.3 is 0 Å². The van der Waals surface area contributed by atoms with Gasteiger partial charge in [-0.1, -0.05) is 45.7 Å². The number of halogens is 2. The van der Waals surface area contributed by atoms with Crippen molar-refractivity contribution < 1.29 is 8.78 Å². The van der Waals surface area contributed by atoms with E-state index in [4.69, 9.17) is 0 Å². The van der Waals surface area contributed by atoms with Gasteiger partial charge in [-0.3, -0.25) is 0 Å². The van der Waals surface area contributed by atoms with Crippen LogP contribution in [-0.2, 0) is 0 Å². The Morgan fingerprint density at radius 1 is 0.750 bits per heavy atom. The molecule has 2 aliphatic carbocycles. The lowest BCUT2D eigenvalue weighted by molar-refractivity contribution is 0.164. The van der Waals surface area contributed by atoms with Crippen LogP contribution in [-0.4, -0.2) is 0 Å². The van der Waals surface area contributed by atoms with Gasteiger partial charge in [-0.25, -0.2) is 8.78 Å². The molecule has 0 amide bonds. The van der Waals surface area contributed by atoms with Crippen molar-refractivity contribution >= 4 is 0 Å². The number of benzene rings is 1. The van der Waals surface area contributed by atoms with Crippen molar-refractivity contribution in [2.45, 2.75) is 85.0 Å². The molecule has 0 bridgehead atoms. The highest BCUT2D eigenvalue weighted by molar-refractivity contribution is 5.28. The highest BCUT2D eigenvalue weighted by Crippen LogP contribution is 2.44. The summed E-state index contributed by atoms with van der Waals surface area (Å²) in [5.74, 6) is 1.57. The van der Waals surface area contributed by atoms with Gasteiger partial charge in [0.25, 0.3) is 0 Å². The van der Waals surface area contributed by atoms with Crippen LogP contribution in [0.3, 0.4) is 0 Å². The second-order valence-electron chi connectivity index (χ2n) is 7.73. The number of aryl methyl sites for hydroxylation is 1. The van der Waals surface area contributed by atoms with Crippen molar-refractivity contribution in [3.05, 3.63) is 34.9 Å². The smallest absolute Gasteiger partial charge is 0.162 e. The molecule has 1 aromatic carbocycles. The number of hydrogen-bond donors (Lipinski definition) is 0. The van der Waals surface area contributed by atoms with E-state index >= 15 is 0 Å². The van der Waals surface area contributed by atoms with Gasteiger partial charge in [-0.2, -0.15) is 0 Å². The van der Waals surface area contributed by atoms with Gasteiger partial charge in [-0.05, 0) is 80.2 Å². The third kappa shape index (κ3) is 4.37. The molecule has 0 unspecified atom stereocenters. The molecular formula is C22H34F2. The molecule has 0 N–H and O–H groups in total. The summed E-state index contributed by atoms with van der Waals surface area (Å²) in [6, 6.07) is 3.53. The molecular weight excluding hydrogens is 302 g/mol. The van der Waals surface area contributed by atoms with Crippen molar-refractivity contribution in [3.63, 3.8) is 0 Å². The zero-order valence-corrected chi connectivity index (χ0v) is 15.9. The summed E-state index contributed by atoms with van der Waals surface area (Å²) in [6.07, 6.45) is 9.95. The lowest BCUT2D eigenvalue weighted by Gasteiger charge is -2.37. The topological polar surface area (TPSA) is 0 Å². The Kier molecular flexibility index (Phi) is 7.25. The lowest BCUT2D eigenvalue weighted by atomic mass is 9.68. The zero-order chi connectivity index (χ0) is 17.7. The average molecular weight is 337 g/mol. The highest BCUT2D eigenvalue weighted by Gasteiger charge is 2.31. The molecule has 0 spiro atoms. The Labute approximate surface area is 147 Å². The molecule has 2 fully saturated rings. The van der Waals surface area contributed by atoms with Gasteiger partial charge in [0, 0.05) is 0 Å². The van der Waals surface area contributed by atoms with Crippen LogP contribution >= 0.6 is 0 Å². The van der Waals surface area contributed by atoms with Gasteiger partial charge in [0.15, 0.2) is 11.6 Å². The maximum atomic E-state index is 14.2. The van der Waals surface area contributed by atoms with Crippen LogP contribution in [0, 0.1) is 36.3 Å². The predicted octanol–water partition coefficient (Wildman–Crippen LogP) is 7.40. The van der Waals surface area contributed by atoms with E-state index in [2.05, 4.69) is 6.92 Å². The maximum Gasteiger partial charge on any atom is 0.162 e. The molecule has 2 heteroatoms.